The largest absolute Gasteiger partial charge is 3.00 e. The van der Waals surface area contributed by atoms with Crippen LogP contribution in [0.2, 0.25) is 0 Å². The van der Waals surface area contributed by atoms with E-state index in [2.05, 4.69) is 0 Å². The predicted octanol–water partition coefficient (Wildman–Crippen LogP) is -1.72. The van der Waals surface area contributed by atoms with E-state index in [4.69, 9.17) is 17.5 Å². The zero-order valence-electron chi connectivity index (χ0n) is 3.20. The molecule has 0 fully saturated rings. The number of hydrogen-bond acceptors (Lipinski definition) is 4. The number of hydrogen-bond donors (Lipinski definition) is 0. The first kappa shape index (κ1) is 15.7. The van der Waals surface area contributed by atoms with Crippen molar-refractivity contribution in [1.29, 1.82) is 0 Å². The number of rotatable bonds is 0. The molecule has 0 aliphatic carbocycles. The van der Waals surface area contributed by atoms with Crippen molar-refractivity contribution < 1.29 is 37.0 Å². The second kappa shape index (κ2) is 5.45. The van der Waals surface area contributed by atoms with Gasteiger partial charge < -0.3 is 9.11 Å². The monoisotopic (exact) mass is 281 g/mol. The van der Waals surface area contributed by atoms with Crippen molar-refractivity contribution in [3.8, 4) is 0 Å². The first-order valence-electron chi connectivity index (χ1n) is 0.667. The zero-order valence-corrected chi connectivity index (χ0v) is 9.53. The van der Waals surface area contributed by atoms with Crippen molar-refractivity contribution in [1.82, 2.24) is 0 Å². The molecule has 0 atom stereocenters. The second-order valence-electron chi connectivity index (χ2n) is 0.408. The Kier molecular flexibility index (Phi) is 12.3. The maximum atomic E-state index is 8.52. The standard InChI is InChI=1S/H2O4S.Sb.Zn/c1-5(2,3)4;;/h(H2,1,2,3,4);;/q;+3;+2/p-2. The molecule has 0 saturated heterocycles. The molecule has 7 heavy (non-hydrogen) atoms. The Bertz CT molecular complexity index is 94.9. The van der Waals surface area contributed by atoms with E-state index < -0.39 is 10.4 Å². The predicted molar refractivity (Wildman–Crippen MR) is 16.2 cm³/mol. The molecular weight excluding hydrogens is 283 g/mol. The molecule has 0 rings (SSSR count). The van der Waals surface area contributed by atoms with Crippen LogP contribution in [0.15, 0.2) is 0 Å². The normalized spacial score (nSPS) is 8.29. The minimum Gasteiger partial charge on any atom is -0.759 e. The molecule has 0 bridgehead atoms. The van der Waals surface area contributed by atoms with Crippen LogP contribution in [-0.4, -0.2) is 42.0 Å². The van der Waals surface area contributed by atoms with Crippen molar-refractivity contribution in [2.24, 2.45) is 0 Å². The second-order valence-corrected chi connectivity index (χ2v) is 1.22. The van der Waals surface area contributed by atoms with Gasteiger partial charge in [-0.1, -0.05) is 0 Å². The maximum absolute atomic E-state index is 8.52. The van der Waals surface area contributed by atoms with Gasteiger partial charge in [0.05, 0.1) is 0 Å². The summed E-state index contributed by atoms with van der Waals surface area (Å²) < 4.78 is 34.1. The van der Waals surface area contributed by atoms with Crippen LogP contribution in [0.4, 0.5) is 0 Å². The Morgan fingerprint density at radius 2 is 1.14 bits per heavy atom. The van der Waals surface area contributed by atoms with Gasteiger partial charge >= 0.3 is 43.9 Å². The molecule has 0 aromatic carbocycles. The smallest absolute Gasteiger partial charge is 0.759 e. The Balaban J connectivity index is -0.0000000800. The van der Waals surface area contributed by atoms with Gasteiger partial charge in [-0.05, 0) is 0 Å². The Morgan fingerprint density at radius 1 is 1.14 bits per heavy atom. The summed E-state index contributed by atoms with van der Waals surface area (Å²) in [7, 11) is -5.17. The zero-order chi connectivity index (χ0) is 4.50. The van der Waals surface area contributed by atoms with Crippen LogP contribution in [0.25, 0.3) is 0 Å². The first-order valence-corrected chi connectivity index (χ1v) is 2.00. The van der Waals surface area contributed by atoms with Gasteiger partial charge in [0, 0.05) is 10.4 Å². The molecule has 2 radical (unpaired) electrons. The van der Waals surface area contributed by atoms with E-state index in [-0.39, 0.29) is 43.9 Å². The fraction of sp³-hybridized carbons (Fsp3) is 0. The van der Waals surface area contributed by atoms with Crippen LogP contribution < -0.4 is 0 Å². The van der Waals surface area contributed by atoms with E-state index in [0.29, 0.717) is 0 Å². The van der Waals surface area contributed by atoms with Gasteiger partial charge in [0.25, 0.3) is 0 Å². The molecule has 34 valence electrons. The van der Waals surface area contributed by atoms with Crippen LogP contribution in [0.5, 0.6) is 0 Å². The first-order chi connectivity index (χ1) is 2.00. The molecule has 0 spiro atoms. The van der Waals surface area contributed by atoms with Crippen molar-refractivity contribution >= 4 is 34.8 Å². The van der Waals surface area contributed by atoms with E-state index in [1.807, 2.05) is 0 Å². The molecule has 0 aromatic rings. The third-order valence-electron chi connectivity index (χ3n) is 0. The fourth-order valence-corrected chi connectivity index (χ4v) is 0. The molecule has 0 aromatic heterocycles. The minimum atomic E-state index is -5.17. The topological polar surface area (TPSA) is 80.3 Å². The summed E-state index contributed by atoms with van der Waals surface area (Å²) in [6, 6.07) is 0. The summed E-state index contributed by atoms with van der Waals surface area (Å²) in [4.78, 5) is 0. The average molecular weight is 283 g/mol. The summed E-state index contributed by atoms with van der Waals surface area (Å²) >= 11 is 0. The molecule has 0 amide bonds. The molecule has 0 heterocycles. The summed E-state index contributed by atoms with van der Waals surface area (Å²) in [5, 5.41) is 0. The van der Waals surface area contributed by atoms with Gasteiger partial charge in [0.2, 0.25) is 0 Å². The van der Waals surface area contributed by atoms with Gasteiger partial charge in [-0.3, -0.25) is 8.42 Å². The minimum absolute atomic E-state index is 0. The van der Waals surface area contributed by atoms with Crippen LogP contribution in [-0.2, 0) is 29.9 Å². The molecule has 0 N–H and O–H groups in total. The summed E-state index contributed by atoms with van der Waals surface area (Å²) in [5.41, 5.74) is 0. The fourth-order valence-electron chi connectivity index (χ4n) is 0. The van der Waals surface area contributed by atoms with Crippen molar-refractivity contribution in [2.45, 2.75) is 0 Å². The molecule has 0 unspecified atom stereocenters. The maximum Gasteiger partial charge on any atom is 3.00 e. The molecule has 0 aliphatic heterocycles. The SMILES string of the molecule is O=S(=O)([O-])[O-].[Sb+3].[Zn+2]. The molecule has 7 heteroatoms. The van der Waals surface area contributed by atoms with Crippen molar-refractivity contribution in [3.63, 3.8) is 0 Å². The van der Waals surface area contributed by atoms with E-state index in [1.165, 1.54) is 0 Å². The van der Waals surface area contributed by atoms with Gasteiger partial charge in [0.1, 0.15) is 0 Å². The Morgan fingerprint density at radius 3 is 1.14 bits per heavy atom. The quantitative estimate of drug-likeness (QED) is 0.301. The van der Waals surface area contributed by atoms with E-state index >= 15 is 0 Å². The molecule has 4 nitrogen and oxygen atoms in total. The summed E-state index contributed by atoms with van der Waals surface area (Å²) in [6.45, 7) is 0. The molecule has 0 aliphatic rings. The van der Waals surface area contributed by atoms with Gasteiger partial charge in [0.15, 0.2) is 0 Å². The summed E-state index contributed by atoms with van der Waals surface area (Å²) in [6.07, 6.45) is 0. The van der Waals surface area contributed by atoms with Gasteiger partial charge in [-0.15, -0.1) is 0 Å². The van der Waals surface area contributed by atoms with Crippen LogP contribution >= 0.6 is 0 Å². The Hall–Kier alpha value is 1.31. The van der Waals surface area contributed by atoms with Crippen LogP contribution in [0.3, 0.4) is 0 Å². The molecular formula is O4SSbZn+3. The van der Waals surface area contributed by atoms with Gasteiger partial charge in [-0.2, -0.15) is 0 Å². The third kappa shape index (κ3) is 120. The van der Waals surface area contributed by atoms with E-state index in [1.54, 1.807) is 0 Å². The van der Waals surface area contributed by atoms with Crippen molar-refractivity contribution in [2.75, 3.05) is 0 Å². The van der Waals surface area contributed by atoms with Crippen molar-refractivity contribution in [3.05, 3.63) is 0 Å². The van der Waals surface area contributed by atoms with Gasteiger partial charge in [-0.25, -0.2) is 0 Å². The average Bonchev–Trinajstić information content (AvgIpc) is 0.722. The van der Waals surface area contributed by atoms with E-state index in [9.17, 15) is 0 Å². The third-order valence-corrected chi connectivity index (χ3v) is 0. The summed E-state index contributed by atoms with van der Waals surface area (Å²) in [5.74, 6) is 0. The van der Waals surface area contributed by atoms with Crippen LogP contribution in [0.1, 0.15) is 0 Å². The molecule has 0 saturated carbocycles. The van der Waals surface area contributed by atoms with Crippen LogP contribution in [0, 0.1) is 0 Å². The Labute approximate surface area is 71.5 Å². The van der Waals surface area contributed by atoms with E-state index in [0.717, 1.165) is 0 Å².